The molecule has 0 N–H and O–H groups in total. The van der Waals surface area contributed by atoms with Crippen molar-refractivity contribution in [2.24, 2.45) is 10.9 Å². The molecular formula is C10H17N. The summed E-state index contributed by atoms with van der Waals surface area (Å²) in [6, 6.07) is 0. The van der Waals surface area contributed by atoms with Crippen LogP contribution in [0.1, 0.15) is 27.7 Å². The molecule has 0 bridgehead atoms. The first-order valence-electron chi connectivity index (χ1n) is 3.89. The summed E-state index contributed by atoms with van der Waals surface area (Å²) in [6.07, 6.45) is 4.08. The van der Waals surface area contributed by atoms with E-state index in [2.05, 4.69) is 45.5 Å². The summed E-state index contributed by atoms with van der Waals surface area (Å²) in [5.41, 5.74) is 2.33. The van der Waals surface area contributed by atoms with Crippen LogP contribution in [0.3, 0.4) is 0 Å². The van der Waals surface area contributed by atoms with Crippen molar-refractivity contribution in [1.29, 1.82) is 0 Å². The summed E-state index contributed by atoms with van der Waals surface area (Å²) in [6.45, 7) is 11.9. The Morgan fingerprint density at radius 3 is 2.09 bits per heavy atom. The van der Waals surface area contributed by atoms with Crippen molar-refractivity contribution >= 4 is 6.72 Å². The Labute approximate surface area is 69.5 Å². The van der Waals surface area contributed by atoms with Crippen LogP contribution in [0.4, 0.5) is 0 Å². The zero-order valence-corrected chi connectivity index (χ0v) is 7.89. The molecule has 0 radical (unpaired) electrons. The molecule has 0 unspecified atom stereocenters. The molecule has 0 aromatic rings. The van der Waals surface area contributed by atoms with Gasteiger partial charge in [0.2, 0.25) is 0 Å². The number of hydrogen-bond acceptors (Lipinski definition) is 1. The highest BCUT2D eigenvalue weighted by molar-refractivity contribution is 5.31. The van der Waals surface area contributed by atoms with E-state index in [1.165, 1.54) is 5.57 Å². The molecule has 0 aliphatic rings. The first-order chi connectivity index (χ1) is 5.07. The maximum Gasteiger partial charge on any atom is 0.0421 e. The minimum absolute atomic E-state index is 0.461. The molecule has 0 heterocycles. The van der Waals surface area contributed by atoms with Crippen LogP contribution in [0.15, 0.2) is 28.4 Å². The first-order valence-corrected chi connectivity index (χ1v) is 3.89. The molecule has 0 atom stereocenters. The van der Waals surface area contributed by atoms with E-state index in [1.54, 1.807) is 0 Å². The molecule has 0 saturated heterocycles. The predicted octanol–water partition coefficient (Wildman–Crippen LogP) is 3.19. The smallest absolute Gasteiger partial charge is 0.0421 e. The quantitative estimate of drug-likeness (QED) is 0.434. The van der Waals surface area contributed by atoms with Crippen LogP contribution >= 0.6 is 0 Å². The highest BCUT2D eigenvalue weighted by Gasteiger charge is 1.96. The average Bonchev–Trinajstić information content (AvgIpc) is 1.87. The van der Waals surface area contributed by atoms with Crippen molar-refractivity contribution in [3.05, 3.63) is 23.4 Å². The fourth-order valence-corrected chi connectivity index (χ4v) is 0.680. The summed E-state index contributed by atoms with van der Waals surface area (Å²) >= 11 is 0. The Balaban J connectivity index is 4.36. The first kappa shape index (κ1) is 10.2. The highest BCUT2D eigenvalue weighted by Crippen LogP contribution is 2.10. The largest absolute Gasteiger partial charge is 0.269 e. The highest BCUT2D eigenvalue weighted by atomic mass is 14.7. The van der Waals surface area contributed by atoms with Gasteiger partial charge in [-0.15, -0.1) is 0 Å². The van der Waals surface area contributed by atoms with Crippen LogP contribution < -0.4 is 0 Å². The standard InChI is InChI=1S/C10H17N/c1-8(2)6-7-10(11-5)9(3)4/h6-7,9H,5H2,1-4H3/b10-7-. The molecule has 0 aromatic carbocycles. The van der Waals surface area contributed by atoms with Gasteiger partial charge in [0.15, 0.2) is 0 Å². The molecule has 0 spiro atoms. The minimum Gasteiger partial charge on any atom is -0.269 e. The molecule has 0 amide bonds. The zero-order chi connectivity index (χ0) is 8.85. The van der Waals surface area contributed by atoms with Gasteiger partial charge in [0, 0.05) is 5.70 Å². The van der Waals surface area contributed by atoms with Gasteiger partial charge in [-0.25, -0.2) is 0 Å². The normalized spacial score (nSPS) is 11.5. The Bertz CT molecular complexity index is 181. The van der Waals surface area contributed by atoms with Crippen LogP contribution in [0.25, 0.3) is 0 Å². The third kappa shape index (κ3) is 4.54. The van der Waals surface area contributed by atoms with Crippen molar-refractivity contribution in [3.63, 3.8) is 0 Å². The molecule has 0 aliphatic carbocycles. The molecule has 0 rings (SSSR count). The maximum absolute atomic E-state index is 3.93. The SMILES string of the molecule is C=N/C(=C\C=C(C)C)C(C)C. The van der Waals surface area contributed by atoms with Gasteiger partial charge in [0.05, 0.1) is 0 Å². The van der Waals surface area contributed by atoms with Gasteiger partial charge in [-0.2, -0.15) is 0 Å². The van der Waals surface area contributed by atoms with Gasteiger partial charge in [-0.3, -0.25) is 4.99 Å². The monoisotopic (exact) mass is 151 g/mol. The third-order valence-corrected chi connectivity index (χ3v) is 1.36. The second kappa shape index (κ2) is 4.89. The summed E-state index contributed by atoms with van der Waals surface area (Å²) in [7, 11) is 0. The van der Waals surface area contributed by atoms with Gasteiger partial charge < -0.3 is 0 Å². The lowest BCUT2D eigenvalue weighted by Gasteiger charge is -2.02. The van der Waals surface area contributed by atoms with E-state index in [0.717, 1.165) is 5.70 Å². The average molecular weight is 151 g/mol. The van der Waals surface area contributed by atoms with Gasteiger partial charge in [0.1, 0.15) is 0 Å². The van der Waals surface area contributed by atoms with Crippen molar-refractivity contribution in [2.75, 3.05) is 0 Å². The lowest BCUT2D eigenvalue weighted by atomic mass is 10.1. The number of hydrogen-bond donors (Lipinski definition) is 0. The van der Waals surface area contributed by atoms with Gasteiger partial charge in [-0.1, -0.05) is 25.5 Å². The van der Waals surface area contributed by atoms with Crippen molar-refractivity contribution in [3.8, 4) is 0 Å². The molecule has 0 aliphatic heterocycles. The third-order valence-electron chi connectivity index (χ3n) is 1.36. The molecule has 1 nitrogen and oxygen atoms in total. The van der Waals surface area contributed by atoms with Crippen LogP contribution in [0.5, 0.6) is 0 Å². The Hall–Kier alpha value is -0.850. The molecular weight excluding hydrogens is 134 g/mol. The Morgan fingerprint density at radius 2 is 1.82 bits per heavy atom. The van der Waals surface area contributed by atoms with Crippen LogP contribution in [0, 0.1) is 5.92 Å². The van der Waals surface area contributed by atoms with E-state index in [1.807, 2.05) is 6.08 Å². The molecule has 11 heavy (non-hydrogen) atoms. The summed E-state index contributed by atoms with van der Waals surface area (Å²) < 4.78 is 0. The number of rotatable bonds is 3. The predicted molar refractivity (Wildman–Crippen MR) is 51.9 cm³/mol. The van der Waals surface area contributed by atoms with Gasteiger partial charge in [-0.05, 0) is 32.6 Å². The van der Waals surface area contributed by atoms with E-state index >= 15 is 0 Å². The Kier molecular flexibility index (Phi) is 4.51. The van der Waals surface area contributed by atoms with E-state index in [-0.39, 0.29) is 0 Å². The molecule has 1 heteroatoms. The molecule has 62 valence electrons. The zero-order valence-electron chi connectivity index (χ0n) is 7.89. The summed E-state index contributed by atoms with van der Waals surface area (Å²) in [5.74, 6) is 0.461. The van der Waals surface area contributed by atoms with Crippen LogP contribution in [0.2, 0.25) is 0 Å². The molecule has 0 aromatic heterocycles. The lowest BCUT2D eigenvalue weighted by molar-refractivity contribution is 0.760. The number of aliphatic imine (C=N–C) groups is 1. The lowest BCUT2D eigenvalue weighted by Crippen LogP contribution is -1.88. The summed E-state index contributed by atoms with van der Waals surface area (Å²) in [4.78, 5) is 3.93. The van der Waals surface area contributed by atoms with E-state index in [0.29, 0.717) is 5.92 Å². The second-order valence-corrected chi connectivity index (χ2v) is 3.15. The van der Waals surface area contributed by atoms with Crippen LogP contribution in [-0.4, -0.2) is 6.72 Å². The van der Waals surface area contributed by atoms with E-state index in [9.17, 15) is 0 Å². The van der Waals surface area contributed by atoms with Crippen molar-refractivity contribution in [1.82, 2.24) is 0 Å². The van der Waals surface area contributed by atoms with Crippen LogP contribution in [-0.2, 0) is 0 Å². The topological polar surface area (TPSA) is 12.4 Å². The fourth-order valence-electron chi connectivity index (χ4n) is 0.680. The van der Waals surface area contributed by atoms with E-state index in [4.69, 9.17) is 0 Å². The van der Waals surface area contributed by atoms with Crippen molar-refractivity contribution in [2.45, 2.75) is 27.7 Å². The fraction of sp³-hybridized carbons (Fsp3) is 0.500. The minimum atomic E-state index is 0.461. The number of nitrogens with zero attached hydrogens (tertiary/aromatic N) is 1. The Morgan fingerprint density at radius 1 is 1.27 bits per heavy atom. The van der Waals surface area contributed by atoms with Gasteiger partial charge >= 0.3 is 0 Å². The second-order valence-electron chi connectivity index (χ2n) is 3.15. The maximum atomic E-state index is 3.93. The van der Waals surface area contributed by atoms with E-state index < -0.39 is 0 Å². The number of allylic oxidation sites excluding steroid dienone is 4. The summed E-state index contributed by atoms with van der Waals surface area (Å²) in [5, 5.41) is 0. The van der Waals surface area contributed by atoms with Gasteiger partial charge in [0.25, 0.3) is 0 Å². The molecule has 0 saturated carbocycles. The molecule has 0 fully saturated rings. The van der Waals surface area contributed by atoms with Crippen molar-refractivity contribution < 1.29 is 0 Å².